The first kappa shape index (κ1) is 12.9. The average molecular weight is 217 g/mol. The van der Waals surface area contributed by atoms with Gasteiger partial charge in [0.1, 0.15) is 0 Å². The van der Waals surface area contributed by atoms with Gasteiger partial charge in [-0.2, -0.15) is 0 Å². The van der Waals surface area contributed by atoms with Crippen LogP contribution in [0.1, 0.15) is 33.6 Å². The molecule has 1 heterocycles. The highest BCUT2D eigenvalue weighted by atomic mass is 16.5. The van der Waals surface area contributed by atoms with E-state index in [9.17, 15) is 0 Å². The zero-order valence-corrected chi connectivity index (χ0v) is 9.92. The molecule has 0 radical (unpaired) electrons. The number of aliphatic hydroxyl groups excluding tert-OH is 2. The number of nitrogens with one attached hydrogen (secondary N) is 1. The molecular formula is C11H23NO3. The summed E-state index contributed by atoms with van der Waals surface area (Å²) in [6, 6.07) is 0. The van der Waals surface area contributed by atoms with E-state index in [1.807, 2.05) is 0 Å². The molecule has 4 heteroatoms. The van der Waals surface area contributed by atoms with Gasteiger partial charge in [-0.25, -0.2) is 0 Å². The summed E-state index contributed by atoms with van der Waals surface area (Å²) < 4.78 is 5.81. The lowest BCUT2D eigenvalue weighted by Crippen LogP contribution is -2.51. The summed E-state index contributed by atoms with van der Waals surface area (Å²) in [5.74, 6) is 0. The molecule has 4 nitrogen and oxygen atoms in total. The van der Waals surface area contributed by atoms with E-state index in [1.54, 1.807) is 6.92 Å². The van der Waals surface area contributed by atoms with Crippen LogP contribution < -0.4 is 5.32 Å². The third-order valence-electron chi connectivity index (χ3n) is 3.01. The van der Waals surface area contributed by atoms with Gasteiger partial charge in [-0.15, -0.1) is 0 Å². The molecule has 1 fully saturated rings. The summed E-state index contributed by atoms with van der Waals surface area (Å²) in [7, 11) is 0. The SMILES string of the molecule is CC(CO)(CO)NCC1CCC(C)(C)O1. The Hall–Kier alpha value is -0.160. The molecule has 1 aliphatic rings. The molecule has 0 aromatic rings. The summed E-state index contributed by atoms with van der Waals surface area (Å²) in [4.78, 5) is 0. The van der Waals surface area contributed by atoms with Crippen LogP contribution in [0.15, 0.2) is 0 Å². The van der Waals surface area contributed by atoms with Gasteiger partial charge in [0, 0.05) is 6.54 Å². The predicted molar refractivity (Wildman–Crippen MR) is 58.8 cm³/mol. The Balaban J connectivity index is 2.32. The van der Waals surface area contributed by atoms with Crippen molar-refractivity contribution >= 4 is 0 Å². The molecule has 1 saturated heterocycles. The quantitative estimate of drug-likeness (QED) is 0.619. The highest BCUT2D eigenvalue weighted by Crippen LogP contribution is 2.29. The fourth-order valence-electron chi connectivity index (χ4n) is 1.74. The lowest BCUT2D eigenvalue weighted by atomic mass is 10.0. The molecule has 0 bridgehead atoms. The van der Waals surface area contributed by atoms with E-state index in [-0.39, 0.29) is 24.9 Å². The van der Waals surface area contributed by atoms with E-state index in [0.717, 1.165) is 12.8 Å². The number of rotatable bonds is 5. The van der Waals surface area contributed by atoms with Crippen molar-refractivity contribution in [3.63, 3.8) is 0 Å². The van der Waals surface area contributed by atoms with Crippen molar-refractivity contribution in [2.45, 2.75) is 50.9 Å². The van der Waals surface area contributed by atoms with Crippen molar-refractivity contribution < 1.29 is 14.9 Å². The van der Waals surface area contributed by atoms with Gasteiger partial charge in [0.05, 0.1) is 30.5 Å². The molecule has 0 aromatic heterocycles. The van der Waals surface area contributed by atoms with Crippen LogP contribution in [0.4, 0.5) is 0 Å². The molecule has 0 aromatic carbocycles. The highest BCUT2D eigenvalue weighted by Gasteiger charge is 2.32. The standard InChI is InChI=1S/C11H23NO3/c1-10(2)5-4-9(15-10)6-12-11(3,7-13)8-14/h9,12-14H,4-8H2,1-3H3. The zero-order valence-electron chi connectivity index (χ0n) is 9.92. The average Bonchev–Trinajstić information content (AvgIpc) is 2.55. The van der Waals surface area contributed by atoms with Crippen LogP contribution in [-0.2, 0) is 4.74 Å². The third kappa shape index (κ3) is 3.72. The van der Waals surface area contributed by atoms with Crippen LogP contribution in [0.5, 0.6) is 0 Å². The Morgan fingerprint density at radius 2 is 2.00 bits per heavy atom. The van der Waals surface area contributed by atoms with Gasteiger partial charge >= 0.3 is 0 Å². The van der Waals surface area contributed by atoms with Crippen molar-refractivity contribution in [2.24, 2.45) is 0 Å². The van der Waals surface area contributed by atoms with Gasteiger partial charge in [-0.05, 0) is 33.6 Å². The predicted octanol–water partition coefficient (Wildman–Crippen LogP) is 0.277. The Morgan fingerprint density at radius 3 is 2.40 bits per heavy atom. The maximum absolute atomic E-state index is 9.10. The molecule has 0 amide bonds. The molecule has 1 atom stereocenters. The van der Waals surface area contributed by atoms with Crippen LogP contribution >= 0.6 is 0 Å². The summed E-state index contributed by atoms with van der Waals surface area (Å²) >= 11 is 0. The summed E-state index contributed by atoms with van der Waals surface area (Å²) in [6.45, 7) is 6.52. The smallest absolute Gasteiger partial charge is 0.0708 e. The summed E-state index contributed by atoms with van der Waals surface area (Å²) in [5, 5.41) is 21.3. The third-order valence-corrected chi connectivity index (χ3v) is 3.01. The van der Waals surface area contributed by atoms with E-state index < -0.39 is 5.54 Å². The molecule has 0 spiro atoms. The van der Waals surface area contributed by atoms with Gasteiger partial charge in [-0.3, -0.25) is 0 Å². The molecule has 15 heavy (non-hydrogen) atoms. The first-order valence-corrected chi connectivity index (χ1v) is 5.55. The lowest BCUT2D eigenvalue weighted by Gasteiger charge is -2.28. The van der Waals surface area contributed by atoms with Gasteiger partial charge in [0.25, 0.3) is 0 Å². The van der Waals surface area contributed by atoms with E-state index >= 15 is 0 Å². The van der Waals surface area contributed by atoms with Crippen LogP contribution in [-0.4, -0.2) is 47.2 Å². The van der Waals surface area contributed by atoms with Crippen molar-refractivity contribution in [2.75, 3.05) is 19.8 Å². The molecule has 1 unspecified atom stereocenters. The van der Waals surface area contributed by atoms with Gasteiger partial charge in [-0.1, -0.05) is 0 Å². The number of ether oxygens (including phenoxy) is 1. The van der Waals surface area contributed by atoms with Crippen molar-refractivity contribution in [1.82, 2.24) is 5.32 Å². The zero-order chi connectivity index (χ0) is 11.5. The van der Waals surface area contributed by atoms with Gasteiger partial charge in [0.15, 0.2) is 0 Å². The Bertz CT molecular complexity index is 202. The number of hydrogen-bond donors (Lipinski definition) is 3. The molecule has 90 valence electrons. The van der Waals surface area contributed by atoms with Crippen LogP contribution in [0.25, 0.3) is 0 Å². The summed E-state index contributed by atoms with van der Waals surface area (Å²) in [5.41, 5.74) is -0.628. The Kier molecular flexibility index (Phi) is 4.12. The minimum absolute atomic E-state index is 0.0266. The molecule has 3 N–H and O–H groups in total. The van der Waals surface area contributed by atoms with Crippen LogP contribution in [0.3, 0.4) is 0 Å². The molecular weight excluding hydrogens is 194 g/mol. The first-order chi connectivity index (χ1) is 6.91. The highest BCUT2D eigenvalue weighted by molar-refractivity contribution is 4.86. The number of hydrogen-bond acceptors (Lipinski definition) is 4. The van der Waals surface area contributed by atoms with E-state index in [0.29, 0.717) is 6.54 Å². The van der Waals surface area contributed by atoms with Crippen molar-refractivity contribution in [3.8, 4) is 0 Å². The Labute approximate surface area is 91.6 Å². The minimum Gasteiger partial charge on any atom is -0.394 e. The fourth-order valence-corrected chi connectivity index (χ4v) is 1.74. The van der Waals surface area contributed by atoms with Gasteiger partial charge < -0.3 is 20.3 Å². The normalized spacial score (nSPS) is 25.8. The van der Waals surface area contributed by atoms with Crippen molar-refractivity contribution in [1.29, 1.82) is 0 Å². The summed E-state index contributed by atoms with van der Waals surface area (Å²) in [6.07, 6.45) is 2.29. The van der Waals surface area contributed by atoms with E-state index in [2.05, 4.69) is 19.2 Å². The van der Waals surface area contributed by atoms with E-state index in [4.69, 9.17) is 14.9 Å². The maximum atomic E-state index is 9.10. The molecule has 0 aliphatic carbocycles. The number of aliphatic hydroxyl groups is 2. The second-order valence-electron chi connectivity index (χ2n) is 5.30. The monoisotopic (exact) mass is 217 g/mol. The van der Waals surface area contributed by atoms with Crippen molar-refractivity contribution in [3.05, 3.63) is 0 Å². The lowest BCUT2D eigenvalue weighted by molar-refractivity contribution is -0.0202. The Morgan fingerprint density at radius 1 is 1.40 bits per heavy atom. The fraction of sp³-hybridized carbons (Fsp3) is 1.00. The maximum Gasteiger partial charge on any atom is 0.0708 e. The second kappa shape index (κ2) is 4.78. The molecule has 1 rings (SSSR count). The van der Waals surface area contributed by atoms with Gasteiger partial charge in [0.2, 0.25) is 0 Å². The van der Waals surface area contributed by atoms with E-state index in [1.165, 1.54) is 0 Å². The second-order valence-corrected chi connectivity index (χ2v) is 5.30. The minimum atomic E-state index is -0.601. The largest absolute Gasteiger partial charge is 0.394 e. The molecule has 0 saturated carbocycles. The van der Waals surface area contributed by atoms with Crippen LogP contribution in [0.2, 0.25) is 0 Å². The van der Waals surface area contributed by atoms with Crippen LogP contribution in [0, 0.1) is 0 Å². The molecule has 1 aliphatic heterocycles. The topological polar surface area (TPSA) is 61.7 Å². The first-order valence-electron chi connectivity index (χ1n) is 5.55.